The summed E-state index contributed by atoms with van der Waals surface area (Å²) < 4.78 is 4.16. The van der Waals surface area contributed by atoms with Crippen molar-refractivity contribution in [3.05, 3.63) is 46.5 Å². The molecule has 1 atom stereocenters. The Balaban J connectivity index is 2.08. The average molecular weight is 301 g/mol. The first-order chi connectivity index (χ1) is 10.1. The highest BCUT2D eigenvalue weighted by molar-refractivity contribution is 7.04. The van der Waals surface area contributed by atoms with Crippen LogP contribution in [-0.2, 0) is 0 Å². The van der Waals surface area contributed by atoms with Gasteiger partial charge in [-0.15, -0.1) is 0 Å². The molecule has 1 N–H and O–H groups in total. The molecule has 5 nitrogen and oxygen atoms in total. The Morgan fingerprint density at radius 1 is 1.43 bits per heavy atom. The molecule has 0 saturated carbocycles. The van der Waals surface area contributed by atoms with Crippen LogP contribution in [0.4, 0.5) is 5.69 Å². The zero-order chi connectivity index (χ0) is 15.0. The maximum Gasteiger partial charge on any atom is 0.261 e. The van der Waals surface area contributed by atoms with Crippen molar-refractivity contribution in [1.29, 1.82) is 0 Å². The highest BCUT2D eigenvalue weighted by Crippen LogP contribution is 2.26. The van der Waals surface area contributed by atoms with Crippen LogP contribution in [0.25, 0.3) is 0 Å². The van der Waals surface area contributed by atoms with Gasteiger partial charge in [0, 0.05) is 18.0 Å². The lowest BCUT2D eigenvalue weighted by molar-refractivity contribution is 0.0939. The molecular formula is C15H15N3O2S. The van der Waals surface area contributed by atoms with Gasteiger partial charge >= 0.3 is 0 Å². The average Bonchev–Trinajstić information content (AvgIpc) is 2.84. The van der Waals surface area contributed by atoms with E-state index in [4.69, 9.17) is 0 Å². The van der Waals surface area contributed by atoms with Crippen molar-refractivity contribution in [3.63, 3.8) is 0 Å². The Bertz CT molecular complexity index is 710. The Labute approximate surface area is 126 Å². The van der Waals surface area contributed by atoms with Crippen LogP contribution >= 0.6 is 11.5 Å². The second-order valence-electron chi connectivity index (χ2n) is 5.12. The van der Waals surface area contributed by atoms with E-state index in [1.54, 1.807) is 28.5 Å². The number of rotatable bonds is 1. The number of aromatic nitrogens is 1. The van der Waals surface area contributed by atoms with Crippen LogP contribution in [-0.4, -0.2) is 28.8 Å². The zero-order valence-corrected chi connectivity index (χ0v) is 12.6. The van der Waals surface area contributed by atoms with E-state index in [0.717, 1.165) is 5.69 Å². The molecule has 1 aromatic carbocycles. The van der Waals surface area contributed by atoms with Crippen molar-refractivity contribution in [2.75, 3.05) is 11.4 Å². The molecule has 0 spiro atoms. The van der Waals surface area contributed by atoms with E-state index in [-0.39, 0.29) is 17.9 Å². The highest BCUT2D eigenvalue weighted by Gasteiger charge is 2.29. The number of hydrogen-bond acceptors (Lipinski definition) is 4. The summed E-state index contributed by atoms with van der Waals surface area (Å²) in [5.74, 6) is -0.259. The first kappa shape index (κ1) is 13.8. The van der Waals surface area contributed by atoms with E-state index >= 15 is 0 Å². The van der Waals surface area contributed by atoms with Gasteiger partial charge in [-0.1, -0.05) is 12.1 Å². The number of carbonyl (C=O) groups is 2. The summed E-state index contributed by atoms with van der Waals surface area (Å²) in [5, 5.41) is 4.65. The van der Waals surface area contributed by atoms with Crippen LogP contribution in [0, 0.1) is 6.92 Å². The number of aryl methyl sites for hydroxylation is 1. The largest absolute Gasteiger partial charge is 0.348 e. The minimum absolute atomic E-state index is 0.110. The summed E-state index contributed by atoms with van der Waals surface area (Å²) in [7, 11) is 0. The molecule has 0 fully saturated rings. The Kier molecular flexibility index (Phi) is 3.47. The van der Waals surface area contributed by atoms with Crippen molar-refractivity contribution in [2.45, 2.75) is 19.9 Å². The molecule has 1 aromatic heterocycles. The molecule has 0 bridgehead atoms. The maximum absolute atomic E-state index is 12.8. The van der Waals surface area contributed by atoms with E-state index in [1.807, 2.05) is 19.9 Å². The lowest BCUT2D eigenvalue weighted by Gasteiger charge is -2.23. The predicted octanol–water partition coefficient (Wildman–Crippen LogP) is 2.23. The molecule has 21 heavy (non-hydrogen) atoms. The molecule has 2 heterocycles. The second kappa shape index (κ2) is 5.29. The molecule has 108 valence electrons. The smallest absolute Gasteiger partial charge is 0.261 e. The van der Waals surface area contributed by atoms with Gasteiger partial charge in [0.2, 0.25) is 0 Å². The van der Waals surface area contributed by atoms with Gasteiger partial charge in [-0.05, 0) is 37.5 Å². The maximum atomic E-state index is 12.8. The standard InChI is InChI=1S/C15H15N3O2S/c1-9-7-18(15(20)12-8-21-17-10(12)2)13-6-4-3-5-11(13)14(19)16-9/h3-6,8-9H,7H2,1-2H3,(H,16,19)/t9-/m1/s1. The van der Waals surface area contributed by atoms with Crippen molar-refractivity contribution in [1.82, 2.24) is 9.69 Å². The molecule has 1 aliphatic heterocycles. The molecule has 6 heteroatoms. The summed E-state index contributed by atoms with van der Waals surface area (Å²) in [5.41, 5.74) is 2.49. The van der Waals surface area contributed by atoms with E-state index in [9.17, 15) is 9.59 Å². The number of para-hydroxylation sites is 1. The summed E-state index contributed by atoms with van der Waals surface area (Å²) in [4.78, 5) is 26.6. The number of amides is 2. The van der Waals surface area contributed by atoms with Crippen LogP contribution in [0.15, 0.2) is 29.6 Å². The molecular weight excluding hydrogens is 286 g/mol. The normalized spacial score (nSPS) is 17.9. The summed E-state index contributed by atoms with van der Waals surface area (Å²) >= 11 is 1.27. The Morgan fingerprint density at radius 2 is 2.19 bits per heavy atom. The van der Waals surface area contributed by atoms with E-state index in [0.29, 0.717) is 23.4 Å². The Hall–Kier alpha value is -2.21. The van der Waals surface area contributed by atoms with Gasteiger partial charge < -0.3 is 10.2 Å². The van der Waals surface area contributed by atoms with Gasteiger partial charge in [0.25, 0.3) is 11.8 Å². The van der Waals surface area contributed by atoms with E-state index in [2.05, 4.69) is 9.69 Å². The summed E-state index contributed by atoms with van der Waals surface area (Å²) in [6.07, 6.45) is 0. The number of fused-ring (bicyclic) bond motifs is 1. The summed E-state index contributed by atoms with van der Waals surface area (Å²) in [6, 6.07) is 7.07. The quantitative estimate of drug-likeness (QED) is 0.878. The molecule has 1 aliphatic rings. The number of nitrogens with one attached hydrogen (secondary N) is 1. The van der Waals surface area contributed by atoms with Gasteiger partial charge in [-0.3, -0.25) is 9.59 Å². The molecule has 0 radical (unpaired) electrons. The number of hydrogen-bond donors (Lipinski definition) is 1. The molecule has 3 rings (SSSR count). The summed E-state index contributed by atoms with van der Waals surface area (Å²) in [6.45, 7) is 4.15. The lowest BCUT2D eigenvalue weighted by atomic mass is 10.1. The molecule has 2 amide bonds. The third-order valence-corrected chi connectivity index (χ3v) is 4.22. The SMILES string of the molecule is Cc1nscc1C(=O)N1C[C@@H](C)NC(=O)c2ccccc21. The fourth-order valence-electron chi connectivity index (χ4n) is 2.46. The van der Waals surface area contributed by atoms with Crippen LogP contribution < -0.4 is 10.2 Å². The molecule has 0 saturated heterocycles. The van der Waals surface area contributed by atoms with Crippen LogP contribution in [0.2, 0.25) is 0 Å². The monoisotopic (exact) mass is 301 g/mol. The second-order valence-corrected chi connectivity index (χ2v) is 5.75. The number of benzene rings is 1. The van der Waals surface area contributed by atoms with Gasteiger partial charge in [0.1, 0.15) is 0 Å². The van der Waals surface area contributed by atoms with Gasteiger partial charge in [0.15, 0.2) is 0 Å². The Morgan fingerprint density at radius 3 is 2.90 bits per heavy atom. The minimum Gasteiger partial charge on any atom is -0.348 e. The first-order valence-electron chi connectivity index (χ1n) is 6.70. The fourth-order valence-corrected chi connectivity index (χ4v) is 3.14. The lowest BCUT2D eigenvalue weighted by Crippen LogP contribution is -2.41. The predicted molar refractivity (Wildman–Crippen MR) is 81.9 cm³/mol. The first-order valence-corrected chi connectivity index (χ1v) is 7.54. The number of anilines is 1. The van der Waals surface area contributed by atoms with Crippen LogP contribution in [0.3, 0.4) is 0 Å². The highest BCUT2D eigenvalue weighted by atomic mass is 32.1. The van der Waals surface area contributed by atoms with Gasteiger partial charge in [0.05, 0.1) is 22.5 Å². The number of nitrogens with zero attached hydrogens (tertiary/aromatic N) is 2. The van der Waals surface area contributed by atoms with Gasteiger partial charge in [-0.2, -0.15) is 4.37 Å². The fraction of sp³-hybridized carbons (Fsp3) is 0.267. The molecule has 0 unspecified atom stereocenters. The third kappa shape index (κ3) is 2.42. The van der Waals surface area contributed by atoms with Crippen molar-refractivity contribution < 1.29 is 9.59 Å². The van der Waals surface area contributed by atoms with Crippen LogP contribution in [0.1, 0.15) is 33.3 Å². The van der Waals surface area contributed by atoms with Crippen molar-refractivity contribution in [3.8, 4) is 0 Å². The molecule has 2 aromatic rings. The zero-order valence-electron chi connectivity index (χ0n) is 11.8. The van der Waals surface area contributed by atoms with Crippen molar-refractivity contribution >= 4 is 29.0 Å². The topological polar surface area (TPSA) is 62.3 Å². The van der Waals surface area contributed by atoms with Gasteiger partial charge in [-0.25, -0.2) is 0 Å². The number of carbonyl (C=O) groups excluding carboxylic acids is 2. The van der Waals surface area contributed by atoms with Crippen molar-refractivity contribution in [2.24, 2.45) is 0 Å². The van der Waals surface area contributed by atoms with E-state index in [1.165, 1.54) is 11.5 Å². The minimum atomic E-state index is -0.145. The van der Waals surface area contributed by atoms with Crippen LogP contribution in [0.5, 0.6) is 0 Å². The molecule has 0 aliphatic carbocycles. The van der Waals surface area contributed by atoms with E-state index < -0.39 is 0 Å². The third-order valence-electron chi connectivity index (χ3n) is 3.50.